The Morgan fingerprint density at radius 2 is 1.96 bits per heavy atom. The lowest BCUT2D eigenvalue weighted by molar-refractivity contribution is -0.148. The summed E-state index contributed by atoms with van der Waals surface area (Å²) in [6.45, 7) is 1.73. The zero-order valence-corrected chi connectivity index (χ0v) is 14.0. The van der Waals surface area contributed by atoms with E-state index < -0.39 is 0 Å². The van der Waals surface area contributed by atoms with E-state index in [0.29, 0.717) is 0 Å². The maximum absolute atomic E-state index is 11.8. The van der Waals surface area contributed by atoms with Gasteiger partial charge in [-0.3, -0.25) is 9.59 Å². The summed E-state index contributed by atoms with van der Waals surface area (Å²) in [5.41, 5.74) is 2.16. The highest BCUT2D eigenvalue weighted by Crippen LogP contribution is 2.07. The van der Waals surface area contributed by atoms with Crippen molar-refractivity contribution in [1.29, 1.82) is 0 Å². The van der Waals surface area contributed by atoms with Crippen molar-refractivity contribution in [3.05, 3.63) is 58.3 Å². The monoisotopic (exact) mass is 331 g/mol. The third kappa shape index (κ3) is 6.65. The summed E-state index contributed by atoms with van der Waals surface area (Å²) in [5.74, 6) is -0.639. The van der Waals surface area contributed by atoms with Gasteiger partial charge in [-0.2, -0.15) is 11.3 Å². The van der Waals surface area contributed by atoms with Crippen molar-refractivity contribution in [2.75, 3.05) is 6.61 Å². The summed E-state index contributed by atoms with van der Waals surface area (Å²) in [6.07, 6.45) is 1.96. The van der Waals surface area contributed by atoms with Gasteiger partial charge in [-0.15, -0.1) is 0 Å². The predicted molar refractivity (Wildman–Crippen MR) is 91.3 cm³/mol. The molecule has 1 amide bonds. The molecular weight excluding hydrogens is 310 g/mol. The van der Waals surface area contributed by atoms with E-state index >= 15 is 0 Å². The number of esters is 1. The first-order chi connectivity index (χ1) is 11.1. The van der Waals surface area contributed by atoms with Crippen LogP contribution in [0.1, 0.15) is 24.5 Å². The van der Waals surface area contributed by atoms with E-state index in [1.165, 1.54) is 16.9 Å². The fraction of sp³-hybridized carbons (Fsp3) is 0.333. The second-order valence-corrected chi connectivity index (χ2v) is 6.24. The highest BCUT2D eigenvalue weighted by atomic mass is 32.1. The lowest BCUT2D eigenvalue weighted by Crippen LogP contribution is -2.36. The molecular formula is C18H21NO3S. The summed E-state index contributed by atoms with van der Waals surface area (Å²) in [7, 11) is 0. The van der Waals surface area contributed by atoms with Crippen LogP contribution in [-0.2, 0) is 27.2 Å². The standard InChI is InChI=1S/C18H21NO3S/c1-14(7-8-15-5-3-2-4-6-15)19-17(20)12-22-18(21)11-16-9-10-23-13-16/h2-6,9-10,13-14H,7-8,11-12H2,1H3,(H,19,20). The van der Waals surface area contributed by atoms with Crippen LogP contribution < -0.4 is 5.32 Å². The SMILES string of the molecule is CC(CCc1ccccc1)NC(=O)COC(=O)Cc1ccsc1. The normalized spacial score (nSPS) is 11.7. The number of aryl methyl sites for hydroxylation is 1. The molecule has 1 heterocycles. The van der Waals surface area contributed by atoms with E-state index in [1.807, 2.05) is 41.9 Å². The van der Waals surface area contributed by atoms with Gasteiger partial charge in [0.05, 0.1) is 6.42 Å². The molecule has 1 aromatic carbocycles. The van der Waals surface area contributed by atoms with E-state index in [4.69, 9.17) is 4.74 Å². The van der Waals surface area contributed by atoms with Gasteiger partial charge in [-0.25, -0.2) is 0 Å². The Balaban J connectivity index is 1.62. The molecule has 0 aliphatic heterocycles. The molecule has 1 aromatic heterocycles. The van der Waals surface area contributed by atoms with E-state index in [-0.39, 0.29) is 30.9 Å². The highest BCUT2D eigenvalue weighted by molar-refractivity contribution is 7.07. The Labute approximate surface area is 140 Å². The number of benzene rings is 1. The van der Waals surface area contributed by atoms with E-state index in [9.17, 15) is 9.59 Å². The summed E-state index contributed by atoms with van der Waals surface area (Å²) in [5, 5.41) is 6.65. The minimum Gasteiger partial charge on any atom is -0.455 e. The van der Waals surface area contributed by atoms with E-state index in [0.717, 1.165) is 18.4 Å². The Morgan fingerprint density at radius 1 is 1.17 bits per heavy atom. The minimum absolute atomic E-state index is 0.0401. The van der Waals surface area contributed by atoms with Crippen LogP contribution in [0.2, 0.25) is 0 Å². The highest BCUT2D eigenvalue weighted by Gasteiger charge is 2.11. The van der Waals surface area contributed by atoms with Crippen LogP contribution >= 0.6 is 11.3 Å². The molecule has 0 radical (unpaired) electrons. The number of carbonyl (C=O) groups excluding carboxylic acids is 2. The van der Waals surface area contributed by atoms with Crippen molar-refractivity contribution in [3.8, 4) is 0 Å². The van der Waals surface area contributed by atoms with Crippen LogP contribution in [0.25, 0.3) is 0 Å². The minimum atomic E-state index is -0.379. The molecule has 0 fully saturated rings. The van der Waals surface area contributed by atoms with Crippen LogP contribution in [0.15, 0.2) is 47.2 Å². The van der Waals surface area contributed by atoms with Crippen molar-refractivity contribution in [3.63, 3.8) is 0 Å². The van der Waals surface area contributed by atoms with Gasteiger partial charge in [0.1, 0.15) is 0 Å². The first kappa shape index (κ1) is 17.2. The number of rotatable bonds is 8. The van der Waals surface area contributed by atoms with Crippen LogP contribution in [0, 0.1) is 0 Å². The quantitative estimate of drug-likeness (QED) is 0.757. The van der Waals surface area contributed by atoms with Crippen molar-refractivity contribution in [2.45, 2.75) is 32.2 Å². The van der Waals surface area contributed by atoms with Crippen LogP contribution in [0.5, 0.6) is 0 Å². The predicted octanol–water partition coefficient (Wildman–Crippen LogP) is 2.97. The number of hydrogen-bond donors (Lipinski definition) is 1. The zero-order chi connectivity index (χ0) is 16.5. The van der Waals surface area contributed by atoms with Gasteiger partial charge in [0.25, 0.3) is 5.91 Å². The van der Waals surface area contributed by atoms with Crippen molar-refractivity contribution in [2.24, 2.45) is 0 Å². The third-order valence-corrected chi connectivity index (χ3v) is 4.14. The van der Waals surface area contributed by atoms with Gasteiger partial charge in [-0.05, 0) is 47.7 Å². The second-order valence-electron chi connectivity index (χ2n) is 5.46. The molecule has 1 atom stereocenters. The van der Waals surface area contributed by atoms with Crippen molar-refractivity contribution in [1.82, 2.24) is 5.32 Å². The van der Waals surface area contributed by atoms with E-state index in [1.54, 1.807) is 0 Å². The third-order valence-electron chi connectivity index (χ3n) is 3.41. The van der Waals surface area contributed by atoms with Crippen molar-refractivity contribution >= 4 is 23.2 Å². The maximum atomic E-state index is 11.8. The lowest BCUT2D eigenvalue weighted by Gasteiger charge is -2.14. The van der Waals surface area contributed by atoms with Gasteiger partial charge in [0.2, 0.25) is 0 Å². The molecule has 1 N–H and O–H groups in total. The van der Waals surface area contributed by atoms with Crippen LogP contribution in [0.4, 0.5) is 0 Å². The Kier molecular flexibility index (Phi) is 6.81. The largest absolute Gasteiger partial charge is 0.455 e. The molecule has 2 aromatic rings. The number of nitrogens with one attached hydrogen (secondary N) is 1. The number of thiophene rings is 1. The topological polar surface area (TPSA) is 55.4 Å². The van der Waals surface area contributed by atoms with Gasteiger partial charge < -0.3 is 10.1 Å². The maximum Gasteiger partial charge on any atom is 0.310 e. The fourth-order valence-electron chi connectivity index (χ4n) is 2.17. The first-order valence-electron chi connectivity index (χ1n) is 7.63. The Hall–Kier alpha value is -2.14. The first-order valence-corrected chi connectivity index (χ1v) is 8.58. The number of hydrogen-bond acceptors (Lipinski definition) is 4. The molecule has 0 aliphatic rings. The molecule has 2 rings (SSSR count). The molecule has 4 nitrogen and oxygen atoms in total. The summed E-state index contributed by atoms with van der Waals surface area (Å²) in [4.78, 5) is 23.4. The average Bonchev–Trinajstić information content (AvgIpc) is 3.05. The van der Waals surface area contributed by atoms with E-state index in [2.05, 4.69) is 17.4 Å². The van der Waals surface area contributed by atoms with Crippen molar-refractivity contribution < 1.29 is 14.3 Å². The molecule has 0 saturated carbocycles. The smallest absolute Gasteiger partial charge is 0.310 e. The molecule has 122 valence electrons. The molecule has 23 heavy (non-hydrogen) atoms. The molecule has 1 unspecified atom stereocenters. The molecule has 0 spiro atoms. The van der Waals surface area contributed by atoms with Gasteiger partial charge in [-0.1, -0.05) is 30.3 Å². The average molecular weight is 331 g/mol. The fourth-order valence-corrected chi connectivity index (χ4v) is 2.84. The number of ether oxygens (including phenoxy) is 1. The number of carbonyl (C=O) groups is 2. The molecule has 0 bridgehead atoms. The second kappa shape index (κ2) is 9.10. The Morgan fingerprint density at radius 3 is 2.65 bits per heavy atom. The van der Waals surface area contributed by atoms with Gasteiger partial charge in [0.15, 0.2) is 6.61 Å². The van der Waals surface area contributed by atoms with Gasteiger partial charge in [0, 0.05) is 6.04 Å². The number of amides is 1. The lowest BCUT2D eigenvalue weighted by atomic mass is 10.1. The van der Waals surface area contributed by atoms with Crippen LogP contribution in [0.3, 0.4) is 0 Å². The van der Waals surface area contributed by atoms with Crippen LogP contribution in [-0.4, -0.2) is 24.5 Å². The zero-order valence-electron chi connectivity index (χ0n) is 13.2. The van der Waals surface area contributed by atoms with Gasteiger partial charge >= 0.3 is 5.97 Å². The summed E-state index contributed by atoms with van der Waals surface area (Å²) >= 11 is 1.53. The summed E-state index contributed by atoms with van der Waals surface area (Å²) in [6, 6.07) is 12.0. The molecule has 0 aliphatic carbocycles. The summed E-state index contributed by atoms with van der Waals surface area (Å²) < 4.78 is 4.99. The molecule has 0 saturated heterocycles. The Bertz CT molecular complexity index is 610. The molecule has 5 heteroatoms.